The molecular formula is C32H38ClN3O6S. The Bertz CT molecular complexity index is 1510. The number of nitrogens with zero attached hydrogens (tertiary/aromatic N) is 2. The van der Waals surface area contributed by atoms with Crippen molar-refractivity contribution < 1.29 is 27.5 Å². The van der Waals surface area contributed by atoms with Gasteiger partial charge in [0.15, 0.2) is 11.5 Å². The number of halogens is 1. The van der Waals surface area contributed by atoms with Gasteiger partial charge in [-0.05, 0) is 55.7 Å². The third kappa shape index (κ3) is 7.80. The molecule has 0 radical (unpaired) electrons. The fourth-order valence-electron chi connectivity index (χ4n) is 5.19. The van der Waals surface area contributed by atoms with Gasteiger partial charge in [0.2, 0.25) is 11.8 Å². The van der Waals surface area contributed by atoms with Crippen LogP contribution in [0.15, 0.2) is 77.7 Å². The fraction of sp³-hybridized carbons (Fsp3) is 0.375. The number of ether oxygens (including phenoxy) is 2. The average molecular weight is 628 g/mol. The van der Waals surface area contributed by atoms with Crippen molar-refractivity contribution >= 4 is 39.1 Å². The molecule has 1 atom stereocenters. The number of rotatable bonds is 12. The molecule has 1 N–H and O–H groups in total. The van der Waals surface area contributed by atoms with Crippen molar-refractivity contribution in [3.63, 3.8) is 0 Å². The Morgan fingerprint density at radius 3 is 2.23 bits per heavy atom. The highest BCUT2D eigenvalue weighted by Gasteiger charge is 2.34. The highest BCUT2D eigenvalue weighted by molar-refractivity contribution is 7.92. The van der Waals surface area contributed by atoms with E-state index in [0.717, 1.165) is 36.4 Å². The van der Waals surface area contributed by atoms with Crippen LogP contribution in [-0.4, -0.2) is 58.0 Å². The molecule has 9 nitrogen and oxygen atoms in total. The first kappa shape index (κ1) is 32.2. The van der Waals surface area contributed by atoms with Crippen LogP contribution < -0.4 is 19.1 Å². The molecule has 0 spiro atoms. The van der Waals surface area contributed by atoms with E-state index in [0.29, 0.717) is 22.0 Å². The quantitative estimate of drug-likeness (QED) is 0.288. The summed E-state index contributed by atoms with van der Waals surface area (Å²) in [6.07, 6.45) is 5.01. The number of sulfonamides is 1. The summed E-state index contributed by atoms with van der Waals surface area (Å²) < 4.78 is 39.8. The van der Waals surface area contributed by atoms with Crippen LogP contribution in [-0.2, 0) is 26.2 Å². The first-order valence-electron chi connectivity index (χ1n) is 14.3. The van der Waals surface area contributed by atoms with Crippen LogP contribution in [0.4, 0.5) is 5.69 Å². The molecule has 1 saturated carbocycles. The Kier molecular flexibility index (Phi) is 10.9. The summed E-state index contributed by atoms with van der Waals surface area (Å²) in [7, 11) is -1.39. The van der Waals surface area contributed by atoms with E-state index in [1.807, 2.05) is 0 Å². The summed E-state index contributed by atoms with van der Waals surface area (Å²) in [5, 5.41) is 3.54. The van der Waals surface area contributed by atoms with Gasteiger partial charge in [-0.3, -0.25) is 13.9 Å². The molecule has 1 aliphatic carbocycles. The van der Waals surface area contributed by atoms with E-state index in [9.17, 15) is 18.0 Å². The number of hydrogen-bond acceptors (Lipinski definition) is 6. The van der Waals surface area contributed by atoms with Crippen LogP contribution in [0.3, 0.4) is 0 Å². The molecular weight excluding hydrogens is 590 g/mol. The molecule has 0 aromatic heterocycles. The molecule has 0 saturated heterocycles. The number of anilines is 1. The Morgan fingerprint density at radius 1 is 0.930 bits per heavy atom. The van der Waals surface area contributed by atoms with Crippen LogP contribution in [0.25, 0.3) is 0 Å². The highest BCUT2D eigenvalue weighted by atomic mass is 35.5. The smallest absolute Gasteiger partial charge is 0.264 e. The molecule has 0 heterocycles. The molecule has 1 fully saturated rings. The standard InChI is InChI=1S/C32H38ClN3O6S/c1-23(32(38)34-25-13-6-4-7-14-25)35(21-24-12-10-11-17-28(24)33)31(37)22-36(26-15-8-5-9-16-26)43(39,40)27-18-19-29(41-2)30(20-27)42-3/h5,8-12,15-20,23,25H,4,6-7,13-14,21-22H2,1-3H3,(H,34,38)/t23-/m0/s1. The van der Waals surface area contributed by atoms with Gasteiger partial charge in [0.25, 0.3) is 10.0 Å². The van der Waals surface area contributed by atoms with Gasteiger partial charge in [-0.1, -0.05) is 67.3 Å². The van der Waals surface area contributed by atoms with Crippen LogP contribution in [0.5, 0.6) is 11.5 Å². The number of hydrogen-bond donors (Lipinski definition) is 1. The molecule has 0 bridgehead atoms. The van der Waals surface area contributed by atoms with Crippen molar-refractivity contribution in [3.8, 4) is 11.5 Å². The van der Waals surface area contributed by atoms with Gasteiger partial charge in [0, 0.05) is 23.7 Å². The molecule has 3 aromatic rings. The minimum atomic E-state index is -4.27. The molecule has 4 rings (SSSR count). The van der Waals surface area contributed by atoms with E-state index in [1.165, 1.54) is 37.3 Å². The van der Waals surface area contributed by atoms with E-state index in [4.69, 9.17) is 21.1 Å². The monoisotopic (exact) mass is 627 g/mol. The summed E-state index contributed by atoms with van der Waals surface area (Å²) in [4.78, 5) is 28.9. The van der Waals surface area contributed by atoms with Crippen molar-refractivity contribution in [2.75, 3.05) is 25.1 Å². The predicted molar refractivity (Wildman–Crippen MR) is 167 cm³/mol. The van der Waals surface area contributed by atoms with Crippen molar-refractivity contribution in [1.82, 2.24) is 10.2 Å². The first-order valence-corrected chi connectivity index (χ1v) is 16.1. The Hall–Kier alpha value is -3.76. The zero-order chi connectivity index (χ0) is 31.0. The Balaban J connectivity index is 1.69. The SMILES string of the molecule is COc1ccc(S(=O)(=O)N(CC(=O)N(Cc2ccccc2Cl)[C@@H](C)C(=O)NC2CCCCC2)c2ccccc2)cc1OC. The number of amides is 2. The lowest BCUT2D eigenvalue weighted by Crippen LogP contribution is -2.53. The van der Waals surface area contributed by atoms with E-state index < -0.39 is 28.5 Å². The molecule has 3 aromatic carbocycles. The largest absolute Gasteiger partial charge is 0.493 e. The maximum absolute atomic E-state index is 14.1. The van der Waals surface area contributed by atoms with E-state index >= 15 is 0 Å². The lowest BCUT2D eigenvalue weighted by molar-refractivity contribution is -0.139. The van der Waals surface area contributed by atoms with Gasteiger partial charge in [-0.15, -0.1) is 0 Å². The summed E-state index contributed by atoms with van der Waals surface area (Å²) in [6.45, 7) is 1.13. The number of para-hydroxylation sites is 1. The maximum Gasteiger partial charge on any atom is 0.264 e. The van der Waals surface area contributed by atoms with Gasteiger partial charge in [0.1, 0.15) is 12.6 Å². The van der Waals surface area contributed by atoms with Crippen LogP contribution >= 0.6 is 11.6 Å². The minimum Gasteiger partial charge on any atom is -0.493 e. The summed E-state index contributed by atoms with van der Waals surface area (Å²) >= 11 is 6.45. The predicted octanol–water partition coefficient (Wildman–Crippen LogP) is 5.42. The van der Waals surface area contributed by atoms with E-state index in [1.54, 1.807) is 61.5 Å². The molecule has 11 heteroatoms. The fourth-order valence-corrected chi connectivity index (χ4v) is 6.81. The number of nitrogens with one attached hydrogen (secondary N) is 1. The topological polar surface area (TPSA) is 105 Å². The Labute approximate surface area is 258 Å². The molecule has 0 aliphatic heterocycles. The first-order chi connectivity index (χ1) is 20.6. The van der Waals surface area contributed by atoms with Gasteiger partial charge < -0.3 is 19.7 Å². The zero-order valence-electron chi connectivity index (χ0n) is 24.7. The number of benzene rings is 3. The third-order valence-corrected chi connectivity index (χ3v) is 9.82. The number of carbonyl (C=O) groups is 2. The van der Waals surface area contributed by atoms with Crippen LogP contribution in [0.1, 0.15) is 44.6 Å². The number of carbonyl (C=O) groups excluding carboxylic acids is 2. The second-order valence-electron chi connectivity index (χ2n) is 10.5. The normalized spacial score (nSPS) is 14.4. The molecule has 230 valence electrons. The van der Waals surface area contributed by atoms with Gasteiger partial charge in [0.05, 0.1) is 24.8 Å². The van der Waals surface area contributed by atoms with Crippen molar-refractivity contribution in [3.05, 3.63) is 83.4 Å². The minimum absolute atomic E-state index is 0.0246. The van der Waals surface area contributed by atoms with Crippen LogP contribution in [0.2, 0.25) is 5.02 Å². The van der Waals surface area contributed by atoms with Crippen molar-refractivity contribution in [2.24, 2.45) is 0 Å². The highest BCUT2D eigenvalue weighted by Crippen LogP contribution is 2.32. The molecule has 1 aliphatic rings. The zero-order valence-corrected chi connectivity index (χ0v) is 26.2. The number of methoxy groups -OCH3 is 2. The molecule has 43 heavy (non-hydrogen) atoms. The molecule has 0 unspecified atom stereocenters. The van der Waals surface area contributed by atoms with Crippen LogP contribution in [0, 0.1) is 0 Å². The van der Waals surface area contributed by atoms with Gasteiger partial charge >= 0.3 is 0 Å². The summed E-state index contributed by atoms with van der Waals surface area (Å²) in [5.74, 6) is -0.246. The summed E-state index contributed by atoms with van der Waals surface area (Å²) in [5.41, 5.74) is 0.937. The second kappa shape index (κ2) is 14.6. The summed E-state index contributed by atoms with van der Waals surface area (Å²) in [6, 6.07) is 18.9. The van der Waals surface area contributed by atoms with Crippen molar-refractivity contribution in [2.45, 2.75) is 62.6 Å². The lowest BCUT2D eigenvalue weighted by Gasteiger charge is -2.33. The molecule has 2 amide bonds. The van der Waals surface area contributed by atoms with Gasteiger partial charge in [-0.25, -0.2) is 8.42 Å². The van der Waals surface area contributed by atoms with Crippen molar-refractivity contribution in [1.29, 1.82) is 0 Å². The third-order valence-electron chi connectivity index (χ3n) is 7.68. The van der Waals surface area contributed by atoms with Gasteiger partial charge in [-0.2, -0.15) is 0 Å². The van der Waals surface area contributed by atoms with E-state index in [2.05, 4.69) is 5.32 Å². The lowest BCUT2D eigenvalue weighted by atomic mass is 9.95. The maximum atomic E-state index is 14.1. The van der Waals surface area contributed by atoms with E-state index in [-0.39, 0.29) is 29.1 Å². The Morgan fingerprint density at radius 2 is 1.58 bits per heavy atom. The average Bonchev–Trinajstić information content (AvgIpc) is 3.03. The second-order valence-corrected chi connectivity index (χ2v) is 12.8.